The molecule has 1 amide bonds. The minimum Gasteiger partial charge on any atom is -0.480 e. The summed E-state index contributed by atoms with van der Waals surface area (Å²) in [6, 6.07) is 0. The fraction of sp³-hybridized carbons (Fsp3) is 0.833. The highest BCUT2D eigenvalue weighted by molar-refractivity contribution is 5.84. The lowest BCUT2D eigenvalue weighted by molar-refractivity contribution is -0.166. The molecule has 1 saturated heterocycles. The van der Waals surface area contributed by atoms with E-state index in [0.29, 0.717) is 0 Å². The Morgan fingerprint density at radius 2 is 1.84 bits per heavy atom. The van der Waals surface area contributed by atoms with Crippen LogP contribution in [0.1, 0.15) is 40.5 Å². The van der Waals surface area contributed by atoms with Crippen LogP contribution in [0.5, 0.6) is 0 Å². The Kier molecular flexibility index (Phi) is 3.80. The van der Waals surface area contributed by atoms with Gasteiger partial charge in [0.1, 0.15) is 11.1 Å². The second kappa shape index (κ2) is 4.61. The Labute approximate surface area is 110 Å². The number of carboxylic acid groups (broad SMARTS) is 1. The van der Waals surface area contributed by atoms with Gasteiger partial charge < -0.3 is 9.84 Å². The van der Waals surface area contributed by atoms with Crippen molar-refractivity contribution in [3.8, 4) is 0 Å². The molecule has 0 radical (unpaired) electrons. The Bertz CT molecular complexity index is 392. The Balaban J connectivity index is 2.99. The fourth-order valence-electron chi connectivity index (χ4n) is 2.01. The van der Waals surface area contributed by atoms with E-state index < -0.39 is 42.0 Å². The molecule has 1 unspecified atom stereocenters. The number of alkyl halides is 2. The normalized spacial score (nSPS) is 26.9. The molecule has 1 aliphatic rings. The van der Waals surface area contributed by atoms with E-state index in [9.17, 15) is 18.4 Å². The Hall–Kier alpha value is -1.40. The summed E-state index contributed by atoms with van der Waals surface area (Å²) in [6.45, 7) is 5.65. The molecular formula is C12H19F2NO4. The predicted octanol–water partition coefficient (Wildman–Crippen LogP) is 2.50. The van der Waals surface area contributed by atoms with Crippen molar-refractivity contribution < 1.29 is 28.2 Å². The third-order valence-electron chi connectivity index (χ3n) is 2.97. The van der Waals surface area contributed by atoms with Crippen LogP contribution in [-0.4, -0.2) is 45.7 Å². The standard InChI is InChI=1S/C12H19F2NO4/c1-10(2,3)19-9(18)15-6-5-12(13,14)7-11(15,4)8(16)17/h5-7H2,1-4H3,(H,16,17). The summed E-state index contributed by atoms with van der Waals surface area (Å²) in [6.07, 6.45) is -2.35. The van der Waals surface area contributed by atoms with Crippen LogP contribution in [0.2, 0.25) is 0 Å². The zero-order valence-electron chi connectivity index (χ0n) is 11.5. The van der Waals surface area contributed by atoms with Gasteiger partial charge in [-0.2, -0.15) is 0 Å². The number of carbonyl (C=O) groups is 2. The Morgan fingerprint density at radius 3 is 2.26 bits per heavy atom. The van der Waals surface area contributed by atoms with Crippen LogP contribution >= 0.6 is 0 Å². The first-order valence-electron chi connectivity index (χ1n) is 5.99. The third-order valence-corrected chi connectivity index (χ3v) is 2.97. The molecule has 1 aliphatic heterocycles. The van der Waals surface area contributed by atoms with Crippen molar-refractivity contribution in [2.45, 2.75) is 57.6 Å². The smallest absolute Gasteiger partial charge is 0.411 e. The zero-order chi connectivity index (χ0) is 15.1. The van der Waals surface area contributed by atoms with Gasteiger partial charge in [0.2, 0.25) is 0 Å². The largest absolute Gasteiger partial charge is 0.480 e. The van der Waals surface area contributed by atoms with E-state index in [0.717, 1.165) is 11.8 Å². The Morgan fingerprint density at radius 1 is 1.32 bits per heavy atom. The summed E-state index contributed by atoms with van der Waals surface area (Å²) in [7, 11) is 0. The summed E-state index contributed by atoms with van der Waals surface area (Å²) in [5, 5.41) is 9.16. The quantitative estimate of drug-likeness (QED) is 0.800. The van der Waals surface area contributed by atoms with E-state index >= 15 is 0 Å². The molecule has 1 heterocycles. The first kappa shape index (κ1) is 15.7. The molecule has 1 fully saturated rings. The fourth-order valence-corrected chi connectivity index (χ4v) is 2.01. The van der Waals surface area contributed by atoms with Gasteiger partial charge in [-0.25, -0.2) is 18.4 Å². The number of halogens is 2. The highest BCUT2D eigenvalue weighted by Gasteiger charge is 2.54. The van der Waals surface area contributed by atoms with Crippen LogP contribution in [0.4, 0.5) is 13.6 Å². The molecule has 0 aromatic heterocycles. The molecule has 7 heteroatoms. The summed E-state index contributed by atoms with van der Waals surface area (Å²) >= 11 is 0. The number of carbonyl (C=O) groups excluding carboxylic acids is 1. The molecule has 0 aromatic rings. The van der Waals surface area contributed by atoms with Gasteiger partial charge in [-0.3, -0.25) is 4.90 Å². The number of piperidine rings is 1. The number of ether oxygens (including phenoxy) is 1. The van der Waals surface area contributed by atoms with Crippen molar-refractivity contribution in [3.05, 3.63) is 0 Å². The van der Waals surface area contributed by atoms with Crippen LogP contribution in [0.15, 0.2) is 0 Å². The maximum absolute atomic E-state index is 13.4. The average Bonchev–Trinajstić information content (AvgIpc) is 2.12. The number of rotatable bonds is 1. The summed E-state index contributed by atoms with van der Waals surface area (Å²) in [4.78, 5) is 24.1. The minimum absolute atomic E-state index is 0.343. The lowest BCUT2D eigenvalue weighted by Gasteiger charge is -2.44. The second-order valence-corrected chi connectivity index (χ2v) is 5.99. The molecule has 1 N–H and O–H groups in total. The number of hydrogen-bond acceptors (Lipinski definition) is 3. The third kappa shape index (κ3) is 3.54. The lowest BCUT2D eigenvalue weighted by Crippen LogP contribution is -2.62. The van der Waals surface area contributed by atoms with Crippen molar-refractivity contribution in [2.24, 2.45) is 0 Å². The van der Waals surface area contributed by atoms with Crippen LogP contribution < -0.4 is 0 Å². The molecular weight excluding hydrogens is 260 g/mol. The van der Waals surface area contributed by atoms with E-state index in [4.69, 9.17) is 9.84 Å². The molecule has 0 bridgehead atoms. The molecule has 0 spiro atoms. The highest BCUT2D eigenvalue weighted by atomic mass is 19.3. The highest BCUT2D eigenvalue weighted by Crippen LogP contribution is 2.39. The van der Waals surface area contributed by atoms with E-state index in [1.165, 1.54) is 0 Å². The van der Waals surface area contributed by atoms with Gasteiger partial charge in [-0.15, -0.1) is 0 Å². The van der Waals surface area contributed by atoms with Gasteiger partial charge in [0.15, 0.2) is 0 Å². The van der Waals surface area contributed by atoms with Crippen LogP contribution in [-0.2, 0) is 9.53 Å². The number of nitrogens with zero attached hydrogens (tertiary/aromatic N) is 1. The van der Waals surface area contributed by atoms with Crippen LogP contribution in [0.25, 0.3) is 0 Å². The van der Waals surface area contributed by atoms with E-state index in [1.54, 1.807) is 20.8 Å². The van der Waals surface area contributed by atoms with Crippen LogP contribution in [0.3, 0.4) is 0 Å². The van der Waals surface area contributed by atoms with Crippen molar-refractivity contribution >= 4 is 12.1 Å². The maximum atomic E-state index is 13.4. The molecule has 0 aromatic carbocycles. The van der Waals surface area contributed by atoms with Crippen molar-refractivity contribution in [1.29, 1.82) is 0 Å². The van der Waals surface area contributed by atoms with E-state index in [2.05, 4.69) is 0 Å². The van der Waals surface area contributed by atoms with Crippen molar-refractivity contribution in [3.63, 3.8) is 0 Å². The molecule has 110 valence electrons. The molecule has 1 atom stereocenters. The topological polar surface area (TPSA) is 66.8 Å². The first-order valence-corrected chi connectivity index (χ1v) is 5.99. The number of carboxylic acids is 1. The molecule has 5 nitrogen and oxygen atoms in total. The van der Waals surface area contributed by atoms with Crippen molar-refractivity contribution in [1.82, 2.24) is 4.90 Å². The van der Waals surface area contributed by atoms with Gasteiger partial charge >= 0.3 is 12.1 Å². The molecule has 1 rings (SSSR count). The number of likely N-dealkylation sites (tertiary alicyclic amines) is 1. The van der Waals surface area contributed by atoms with Gasteiger partial charge in [-0.1, -0.05) is 0 Å². The van der Waals surface area contributed by atoms with Gasteiger partial charge in [0.25, 0.3) is 5.92 Å². The van der Waals surface area contributed by atoms with Gasteiger partial charge in [0, 0.05) is 19.4 Å². The predicted molar refractivity (Wildman–Crippen MR) is 63.2 cm³/mol. The number of hydrogen-bond donors (Lipinski definition) is 1. The molecule has 0 aliphatic carbocycles. The summed E-state index contributed by atoms with van der Waals surface area (Å²) in [5.74, 6) is -4.55. The number of amides is 1. The summed E-state index contributed by atoms with van der Waals surface area (Å²) < 4.78 is 31.9. The van der Waals surface area contributed by atoms with Gasteiger partial charge in [0.05, 0.1) is 0 Å². The zero-order valence-corrected chi connectivity index (χ0v) is 11.5. The maximum Gasteiger partial charge on any atom is 0.411 e. The van der Waals surface area contributed by atoms with Crippen molar-refractivity contribution in [2.75, 3.05) is 6.54 Å². The second-order valence-electron chi connectivity index (χ2n) is 5.99. The van der Waals surface area contributed by atoms with Gasteiger partial charge in [-0.05, 0) is 27.7 Å². The first-order chi connectivity index (χ1) is 8.37. The minimum atomic E-state index is -3.09. The average molecular weight is 279 g/mol. The number of aliphatic carboxylic acids is 1. The summed E-state index contributed by atoms with van der Waals surface area (Å²) in [5.41, 5.74) is -2.76. The molecule has 0 saturated carbocycles. The monoisotopic (exact) mass is 279 g/mol. The SMILES string of the molecule is CC(C)(C)OC(=O)N1CCC(F)(F)CC1(C)C(=O)O. The van der Waals surface area contributed by atoms with E-state index in [1.807, 2.05) is 0 Å². The van der Waals surface area contributed by atoms with E-state index in [-0.39, 0.29) is 6.54 Å². The lowest BCUT2D eigenvalue weighted by atomic mass is 9.86. The van der Waals surface area contributed by atoms with Crippen LogP contribution in [0, 0.1) is 0 Å². The molecule has 19 heavy (non-hydrogen) atoms.